The van der Waals surface area contributed by atoms with E-state index in [9.17, 15) is 5.11 Å². The predicted octanol–water partition coefficient (Wildman–Crippen LogP) is 7.07. The quantitative estimate of drug-likeness (QED) is 0.374. The predicted molar refractivity (Wildman–Crippen MR) is 155 cm³/mol. The minimum absolute atomic E-state index is 0.106. The number of fused-ring (bicyclic) bond motifs is 1. The molecule has 3 N–H and O–H groups in total. The third-order valence-electron chi connectivity index (χ3n) is 6.46. The van der Waals surface area contributed by atoms with Gasteiger partial charge in [-0.15, -0.1) is 0 Å². The van der Waals surface area contributed by atoms with Crippen molar-refractivity contribution in [3.63, 3.8) is 0 Å². The lowest BCUT2D eigenvalue weighted by molar-refractivity contribution is -0.0549. The summed E-state index contributed by atoms with van der Waals surface area (Å²) in [4.78, 5) is 0. The maximum atomic E-state index is 10.7. The first kappa shape index (κ1) is 32.3. The number of hydrogen-bond acceptors (Lipinski definition) is 5. The molecule has 2 unspecified atom stereocenters. The molecule has 37 heavy (non-hydrogen) atoms. The molecule has 2 aliphatic heterocycles. The molecule has 2 aliphatic rings. The second-order valence-electron chi connectivity index (χ2n) is 10.0. The lowest BCUT2D eigenvalue weighted by atomic mass is 9.80. The fourth-order valence-electron chi connectivity index (χ4n) is 4.40. The number of aryl methyl sites for hydroxylation is 2. The lowest BCUT2D eigenvalue weighted by Gasteiger charge is -2.41. The van der Waals surface area contributed by atoms with Crippen LogP contribution in [0.4, 0.5) is 5.69 Å². The normalized spacial score (nSPS) is 20.3. The van der Waals surface area contributed by atoms with Gasteiger partial charge in [-0.25, -0.2) is 0 Å². The molecule has 4 rings (SSSR count). The molecule has 0 aliphatic carbocycles. The Hall–Kier alpha value is -2.68. The van der Waals surface area contributed by atoms with Crippen LogP contribution in [-0.4, -0.2) is 36.1 Å². The molecule has 0 spiro atoms. The minimum Gasteiger partial charge on any atom is -0.490 e. The smallest absolute Gasteiger partial charge is 0.125 e. The van der Waals surface area contributed by atoms with E-state index in [0.717, 1.165) is 55.9 Å². The van der Waals surface area contributed by atoms with Gasteiger partial charge in [-0.3, -0.25) is 0 Å². The van der Waals surface area contributed by atoms with E-state index in [0.29, 0.717) is 18.3 Å². The Bertz CT molecular complexity index is 925. The average molecular weight is 512 g/mol. The van der Waals surface area contributed by atoms with Gasteiger partial charge in [0.05, 0.1) is 5.60 Å². The Labute approximate surface area is 225 Å². The van der Waals surface area contributed by atoms with Gasteiger partial charge in [-0.2, -0.15) is 0 Å². The number of terminal acetylenes is 1. The Kier molecular flexibility index (Phi) is 14.8. The van der Waals surface area contributed by atoms with E-state index in [2.05, 4.69) is 56.8 Å². The summed E-state index contributed by atoms with van der Waals surface area (Å²) in [5, 5.41) is 21.2. The van der Waals surface area contributed by atoms with Crippen molar-refractivity contribution in [1.82, 2.24) is 0 Å². The fourth-order valence-corrected chi connectivity index (χ4v) is 4.40. The van der Waals surface area contributed by atoms with Gasteiger partial charge in [0.25, 0.3) is 0 Å². The van der Waals surface area contributed by atoms with Crippen molar-refractivity contribution in [1.29, 1.82) is 0 Å². The van der Waals surface area contributed by atoms with Crippen LogP contribution in [0, 0.1) is 31.3 Å². The van der Waals surface area contributed by atoms with Gasteiger partial charge in [-0.1, -0.05) is 64.8 Å². The summed E-state index contributed by atoms with van der Waals surface area (Å²) < 4.78 is 11.6. The SMILES string of the molecule is C#CO.CC.CCc1ccc(NCC(C)C)cc1.Cc1ccc2c(c1)C(C)(O)CC(C1CCOCC1)O2. The van der Waals surface area contributed by atoms with E-state index in [1.54, 1.807) is 0 Å². The summed E-state index contributed by atoms with van der Waals surface area (Å²) in [7, 11) is 0. The van der Waals surface area contributed by atoms with Gasteiger partial charge in [-0.05, 0) is 68.9 Å². The molecule has 0 aromatic heterocycles. The first-order valence-corrected chi connectivity index (χ1v) is 13.7. The molecule has 5 nitrogen and oxygen atoms in total. The Morgan fingerprint density at radius 2 is 1.70 bits per heavy atom. The molecule has 5 heteroatoms. The topological polar surface area (TPSA) is 71.0 Å². The van der Waals surface area contributed by atoms with Crippen molar-refractivity contribution in [2.45, 2.75) is 85.9 Å². The summed E-state index contributed by atoms with van der Waals surface area (Å²) >= 11 is 0. The van der Waals surface area contributed by atoms with Crippen LogP contribution in [0.5, 0.6) is 5.75 Å². The highest BCUT2D eigenvalue weighted by Crippen LogP contribution is 2.42. The molecule has 2 aromatic rings. The molecule has 2 heterocycles. The molecular formula is C32H49NO4. The highest BCUT2D eigenvalue weighted by Gasteiger charge is 2.40. The van der Waals surface area contributed by atoms with Crippen LogP contribution in [-0.2, 0) is 16.8 Å². The van der Waals surface area contributed by atoms with Crippen LogP contribution in [0.15, 0.2) is 42.5 Å². The van der Waals surface area contributed by atoms with Gasteiger partial charge >= 0.3 is 0 Å². The summed E-state index contributed by atoms with van der Waals surface area (Å²) in [6.45, 7) is 17.2. The second kappa shape index (κ2) is 16.9. The highest BCUT2D eigenvalue weighted by atomic mass is 16.5. The van der Waals surface area contributed by atoms with Crippen molar-refractivity contribution in [3.05, 3.63) is 59.2 Å². The zero-order valence-corrected chi connectivity index (χ0v) is 24.0. The number of nitrogens with one attached hydrogen (secondary N) is 1. The first-order valence-electron chi connectivity index (χ1n) is 13.7. The number of benzene rings is 2. The van der Waals surface area contributed by atoms with E-state index in [1.807, 2.05) is 45.9 Å². The Morgan fingerprint density at radius 3 is 2.24 bits per heavy atom. The summed E-state index contributed by atoms with van der Waals surface area (Å²) in [5.74, 6) is 2.04. The molecular weight excluding hydrogens is 462 g/mol. The van der Waals surface area contributed by atoms with Gasteiger partial charge in [0.15, 0.2) is 0 Å². The zero-order chi connectivity index (χ0) is 27.8. The third-order valence-corrected chi connectivity index (χ3v) is 6.46. The van der Waals surface area contributed by atoms with Crippen LogP contribution >= 0.6 is 0 Å². The molecule has 0 saturated carbocycles. The van der Waals surface area contributed by atoms with Crippen LogP contribution in [0.2, 0.25) is 0 Å². The van der Waals surface area contributed by atoms with E-state index in [4.69, 9.17) is 14.6 Å². The van der Waals surface area contributed by atoms with Crippen molar-refractivity contribution in [3.8, 4) is 18.3 Å². The van der Waals surface area contributed by atoms with Crippen molar-refractivity contribution < 1.29 is 19.7 Å². The van der Waals surface area contributed by atoms with Crippen LogP contribution in [0.25, 0.3) is 0 Å². The largest absolute Gasteiger partial charge is 0.490 e. The maximum absolute atomic E-state index is 10.7. The van der Waals surface area contributed by atoms with E-state index < -0.39 is 5.60 Å². The fraction of sp³-hybridized carbons (Fsp3) is 0.562. The van der Waals surface area contributed by atoms with Crippen LogP contribution in [0.3, 0.4) is 0 Å². The van der Waals surface area contributed by atoms with E-state index in [-0.39, 0.29) is 6.10 Å². The van der Waals surface area contributed by atoms with Gasteiger partial charge in [0.1, 0.15) is 18.0 Å². The molecule has 0 bridgehead atoms. The first-order chi connectivity index (χ1) is 17.7. The molecule has 206 valence electrons. The number of rotatable bonds is 5. The molecule has 1 fully saturated rings. The Morgan fingerprint density at radius 1 is 1.11 bits per heavy atom. The number of anilines is 1. The van der Waals surface area contributed by atoms with E-state index >= 15 is 0 Å². The number of aliphatic hydroxyl groups is 2. The summed E-state index contributed by atoms with van der Waals surface area (Å²) in [6, 6.07) is 14.7. The average Bonchev–Trinajstić information content (AvgIpc) is 2.90. The monoisotopic (exact) mass is 511 g/mol. The lowest BCUT2D eigenvalue weighted by Crippen LogP contribution is -2.42. The van der Waals surface area contributed by atoms with Crippen molar-refractivity contribution in [2.75, 3.05) is 25.1 Å². The molecule has 1 saturated heterocycles. The summed E-state index contributed by atoms with van der Waals surface area (Å²) in [5.41, 5.74) is 3.92. The Balaban J connectivity index is 0.000000332. The van der Waals surface area contributed by atoms with Gasteiger partial charge in [0.2, 0.25) is 0 Å². The van der Waals surface area contributed by atoms with Crippen LogP contribution < -0.4 is 10.1 Å². The van der Waals surface area contributed by atoms with E-state index in [1.165, 1.54) is 17.4 Å². The van der Waals surface area contributed by atoms with Crippen molar-refractivity contribution in [2.24, 2.45) is 11.8 Å². The number of hydrogen-bond donors (Lipinski definition) is 3. The molecule has 0 radical (unpaired) electrons. The zero-order valence-electron chi connectivity index (χ0n) is 24.0. The number of aliphatic hydroxyl groups excluding tert-OH is 1. The standard InChI is InChI=1S/C16H22O3.C12H19N.C2H2O.C2H6/c1-11-3-4-14-13(9-11)16(2,17)10-15(19-14)12-5-7-18-8-6-12;1-4-11-5-7-12(8-6-11)13-9-10(2)3;1-2-3;1-2/h3-4,9,12,15,17H,5-8,10H2,1-2H3;5-8,10,13H,4,9H2,1-3H3;1,3H;1-2H3. The van der Waals surface area contributed by atoms with Crippen molar-refractivity contribution >= 4 is 5.69 Å². The minimum atomic E-state index is -0.789. The second-order valence-corrected chi connectivity index (χ2v) is 10.0. The molecule has 2 atom stereocenters. The molecule has 0 amide bonds. The van der Waals surface area contributed by atoms with Gasteiger partial charge in [0, 0.05) is 43.3 Å². The van der Waals surface area contributed by atoms with Gasteiger partial charge < -0.3 is 25.0 Å². The summed E-state index contributed by atoms with van der Waals surface area (Å²) in [6.07, 6.45) is 9.36. The third kappa shape index (κ3) is 11.1. The maximum Gasteiger partial charge on any atom is 0.125 e. The molecule has 2 aromatic carbocycles. The highest BCUT2D eigenvalue weighted by molar-refractivity contribution is 5.44. The number of ether oxygens (including phenoxy) is 2. The van der Waals surface area contributed by atoms with Crippen LogP contribution in [0.1, 0.15) is 77.5 Å².